The fourth-order valence-electron chi connectivity index (χ4n) is 2.94. The lowest BCUT2D eigenvalue weighted by Gasteiger charge is -2.25. The van der Waals surface area contributed by atoms with Gasteiger partial charge >= 0.3 is 0 Å². The largest absolute Gasteiger partial charge is 0.493 e. The number of aromatic nitrogens is 1. The molecule has 2 aromatic rings. The maximum Gasteiger partial charge on any atom is 0.257 e. The molecular weight excluding hydrogens is 346 g/mol. The van der Waals surface area contributed by atoms with E-state index in [1.165, 1.54) is 30.6 Å². The summed E-state index contributed by atoms with van der Waals surface area (Å²) in [6, 6.07) is 7.28. The van der Waals surface area contributed by atoms with Gasteiger partial charge in [0.15, 0.2) is 5.13 Å². The third kappa shape index (κ3) is 5.54. The first-order chi connectivity index (χ1) is 12.6. The Morgan fingerprint density at radius 2 is 2.12 bits per heavy atom. The molecule has 0 atom stereocenters. The van der Waals surface area contributed by atoms with Crippen LogP contribution in [0.1, 0.15) is 49.2 Å². The highest BCUT2D eigenvalue weighted by Gasteiger charge is 2.14. The van der Waals surface area contributed by atoms with Crippen LogP contribution in [0.4, 0.5) is 5.13 Å². The monoisotopic (exact) mass is 373 g/mol. The summed E-state index contributed by atoms with van der Waals surface area (Å²) in [6.07, 6.45) is 3.86. The quantitative estimate of drug-likeness (QED) is 0.781. The SMILES string of the molecule is CC(C)COc1cccc(C(=O)Nc2nc(CN3CCCCC3)cs2)c1. The molecule has 1 aromatic heterocycles. The van der Waals surface area contributed by atoms with Gasteiger partial charge in [-0.3, -0.25) is 15.0 Å². The number of nitrogens with one attached hydrogen (secondary N) is 1. The number of hydrogen-bond donors (Lipinski definition) is 1. The molecule has 140 valence electrons. The molecule has 26 heavy (non-hydrogen) atoms. The van der Waals surface area contributed by atoms with Gasteiger partial charge in [-0.05, 0) is 50.0 Å². The molecule has 0 unspecified atom stereocenters. The Kier molecular flexibility index (Phi) is 6.63. The predicted molar refractivity (Wildman–Crippen MR) is 106 cm³/mol. The van der Waals surface area contributed by atoms with Crippen LogP contribution in [-0.2, 0) is 6.54 Å². The summed E-state index contributed by atoms with van der Waals surface area (Å²) in [7, 11) is 0. The zero-order valence-electron chi connectivity index (χ0n) is 15.5. The molecule has 0 spiro atoms. The number of nitrogens with zero attached hydrogens (tertiary/aromatic N) is 2. The molecule has 1 fully saturated rings. The molecule has 1 N–H and O–H groups in total. The van der Waals surface area contributed by atoms with Crippen molar-refractivity contribution < 1.29 is 9.53 Å². The van der Waals surface area contributed by atoms with Crippen LogP contribution < -0.4 is 10.1 Å². The fraction of sp³-hybridized carbons (Fsp3) is 0.500. The van der Waals surface area contributed by atoms with Crippen LogP contribution in [0.2, 0.25) is 0 Å². The standard InChI is InChI=1S/C20H27N3O2S/c1-15(2)13-25-18-8-6-7-16(11-18)19(24)22-20-21-17(14-26-20)12-23-9-4-3-5-10-23/h6-8,11,14-15H,3-5,9-10,12-13H2,1-2H3,(H,21,22,24). The number of thiazole rings is 1. The van der Waals surface area contributed by atoms with Gasteiger partial charge < -0.3 is 4.74 Å². The summed E-state index contributed by atoms with van der Waals surface area (Å²) in [6.45, 7) is 7.98. The van der Waals surface area contributed by atoms with Gasteiger partial charge in [0, 0.05) is 17.5 Å². The van der Waals surface area contributed by atoms with E-state index in [2.05, 4.69) is 29.0 Å². The molecule has 3 rings (SSSR count). The third-order valence-electron chi connectivity index (χ3n) is 4.29. The number of likely N-dealkylation sites (tertiary alicyclic amines) is 1. The molecule has 0 radical (unpaired) electrons. The summed E-state index contributed by atoms with van der Waals surface area (Å²) in [4.78, 5) is 19.5. The average molecular weight is 374 g/mol. The Hall–Kier alpha value is -1.92. The lowest BCUT2D eigenvalue weighted by atomic mass is 10.1. The summed E-state index contributed by atoms with van der Waals surface area (Å²) < 4.78 is 5.70. The van der Waals surface area contributed by atoms with Gasteiger partial charge in [0.1, 0.15) is 5.75 Å². The summed E-state index contributed by atoms with van der Waals surface area (Å²) in [5, 5.41) is 5.59. The van der Waals surface area contributed by atoms with Crippen molar-refractivity contribution in [3.8, 4) is 5.75 Å². The first kappa shape index (κ1) is 18.9. The van der Waals surface area contributed by atoms with E-state index in [1.54, 1.807) is 12.1 Å². The van der Waals surface area contributed by atoms with E-state index in [0.29, 0.717) is 23.2 Å². The molecule has 1 saturated heterocycles. The summed E-state index contributed by atoms with van der Waals surface area (Å²) >= 11 is 1.48. The van der Waals surface area contributed by atoms with Crippen LogP contribution >= 0.6 is 11.3 Å². The van der Waals surface area contributed by atoms with Crippen LogP contribution in [0.5, 0.6) is 5.75 Å². The highest BCUT2D eigenvalue weighted by molar-refractivity contribution is 7.13. The molecule has 0 bridgehead atoms. The zero-order valence-corrected chi connectivity index (χ0v) is 16.3. The van der Waals surface area contributed by atoms with Gasteiger partial charge in [-0.15, -0.1) is 11.3 Å². The normalized spacial score (nSPS) is 15.2. The van der Waals surface area contributed by atoms with E-state index in [4.69, 9.17) is 4.74 Å². The number of piperidine rings is 1. The smallest absolute Gasteiger partial charge is 0.257 e. The summed E-state index contributed by atoms with van der Waals surface area (Å²) in [5.74, 6) is 1.01. The Labute approximate surface area is 159 Å². The number of ether oxygens (including phenoxy) is 1. The van der Waals surface area contributed by atoms with E-state index < -0.39 is 0 Å². The first-order valence-corrected chi connectivity index (χ1v) is 10.2. The number of anilines is 1. The molecule has 1 aromatic carbocycles. The molecular formula is C20H27N3O2S. The van der Waals surface area contributed by atoms with Crippen LogP contribution in [0.15, 0.2) is 29.6 Å². The van der Waals surface area contributed by atoms with E-state index in [1.807, 2.05) is 17.5 Å². The lowest BCUT2D eigenvalue weighted by Crippen LogP contribution is -2.29. The number of rotatable bonds is 7. The second kappa shape index (κ2) is 9.14. The molecule has 0 saturated carbocycles. The Bertz CT molecular complexity index is 723. The number of amides is 1. The van der Waals surface area contributed by atoms with Crippen LogP contribution in [-0.4, -0.2) is 35.5 Å². The maximum absolute atomic E-state index is 12.5. The second-order valence-corrected chi connectivity index (χ2v) is 8.03. The van der Waals surface area contributed by atoms with Crippen molar-refractivity contribution in [1.29, 1.82) is 0 Å². The Morgan fingerprint density at radius 1 is 1.31 bits per heavy atom. The van der Waals surface area contributed by atoms with Crippen molar-refractivity contribution in [3.05, 3.63) is 40.9 Å². The molecule has 2 heterocycles. The predicted octanol–water partition coefficient (Wildman–Crippen LogP) is 4.42. The van der Waals surface area contributed by atoms with Crippen molar-refractivity contribution in [3.63, 3.8) is 0 Å². The topological polar surface area (TPSA) is 54.5 Å². The Morgan fingerprint density at radius 3 is 2.88 bits per heavy atom. The van der Waals surface area contributed by atoms with Crippen LogP contribution in [0.3, 0.4) is 0 Å². The molecule has 1 aliphatic heterocycles. The van der Waals surface area contributed by atoms with E-state index in [0.717, 1.165) is 31.1 Å². The zero-order chi connectivity index (χ0) is 18.4. The lowest BCUT2D eigenvalue weighted by molar-refractivity contribution is 0.102. The van der Waals surface area contributed by atoms with Gasteiger partial charge in [-0.25, -0.2) is 4.98 Å². The average Bonchev–Trinajstić information content (AvgIpc) is 3.08. The highest BCUT2D eigenvalue weighted by atomic mass is 32.1. The van der Waals surface area contributed by atoms with Crippen LogP contribution in [0, 0.1) is 5.92 Å². The highest BCUT2D eigenvalue weighted by Crippen LogP contribution is 2.21. The molecule has 1 aliphatic rings. The van der Waals surface area contributed by atoms with Gasteiger partial charge in [0.05, 0.1) is 12.3 Å². The maximum atomic E-state index is 12.5. The Balaban J connectivity index is 1.57. The number of hydrogen-bond acceptors (Lipinski definition) is 5. The van der Waals surface area contributed by atoms with Gasteiger partial charge in [0.2, 0.25) is 0 Å². The minimum atomic E-state index is -0.154. The minimum Gasteiger partial charge on any atom is -0.493 e. The molecule has 5 nitrogen and oxygen atoms in total. The van der Waals surface area contributed by atoms with Crippen molar-refractivity contribution >= 4 is 22.4 Å². The molecule has 6 heteroatoms. The van der Waals surface area contributed by atoms with Gasteiger partial charge in [-0.1, -0.05) is 26.3 Å². The van der Waals surface area contributed by atoms with Crippen molar-refractivity contribution in [2.45, 2.75) is 39.7 Å². The fourth-order valence-corrected chi connectivity index (χ4v) is 3.64. The van der Waals surface area contributed by atoms with Crippen molar-refractivity contribution in [2.75, 3.05) is 25.0 Å². The third-order valence-corrected chi connectivity index (χ3v) is 5.09. The number of benzene rings is 1. The summed E-state index contributed by atoms with van der Waals surface area (Å²) in [5.41, 5.74) is 1.61. The second-order valence-electron chi connectivity index (χ2n) is 7.17. The van der Waals surface area contributed by atoms with Crippen molar-refractivity contribution in [2.24, 2.45) is 5.92 Å². The van der Waals surface area contributed by atoms with E-state index in [9.17, 15) is 4.79 Å². The van der Waals surface area contributed by atoms with Crippen molar-refractivity contribution in [1.82, 2.24) is 9.88 Å². The van der Waals surface area contributed by atoms with E-state index >= 15 is 0 Å². The minimum absolute atomic E-state index is 0.154. The van der Waals surface area contributed by atoms with Gasteiger partial charge in [-0.2, -0.15) is 0 Å². The molecule has 0 aliphatic carbocycles. The first-order valence-electron chi connectivity index (χ1n) is 9.31. The van der Waals surface area contributed by atoms with Crippen LogP contribution in [0.25, 0.3) is 0 Å². The van der Waals surface area contributed by atoms with E-state index in [-0.39, 0.29) is 5.91 Å². The van der Waals surface area contributed by atoms with Gasteiger partial charge in [0.25, 0.3) is 5.91 Å². The molecule has 1 amide bonds. The number of carbonyl (C=O) groups is 1. The number of carbonyl (C=O) groups excluding carboxylic acids is 1.